The lowest BCUT2D eigenvalue weighted by atomic mass is 10.2. The van der Waals surface area contributed by atoms with Gasteiger partial charge in [0, 0.05) is 38.4 Å². The van der Waals surface area contributed by atoms with Gasteiger partial charge in [0.15, 0.2) is 11.8 Å². The zero-order valence-electron chi connectivity index (χ0n) is 14.1. The minimum absolute atomic E-state index is 0. The summed E-state index contributed by atoms with van der Waals surface area (Å²) < 4.78 is 2.22. The number of halogens is 1. The molecule has 24 heavy (non-hydrogen) atoms. The quantitative estimate of drug-likeness (QED) is 0.404. The second kappa shape index (κ2) is 9.30. The number of aromatic nitrogens is 4. The first-order valence-corrected chi connectivity index (χ1v) is 8.90. The minimum atomic E-state index is 0. The molecule has 3 rings (SSSR count). The summed E-state index contributed by atoms with van der Waals surface area (Å²) in [5, 5.41) is 18.4. The third-order valence-corrected chi connectivity index (χ3v) is 4.74. The van der Waals surface area contributed by atoms with Crippen molar-refractivity contribution in [3.63, 3.8) is 0 Å². The summed E-state index contributed by atoms with van der Waals surface area (Å²) in [7, 11) is 1.78. The van der Waals surface area contributed by atoms with Gasteiger partial charge in [-0.05, 0) is 19.8 Å². The summed E-state index contributed by atoms with van der Waals surface area (Å²) >= 11 is 1.69. The van der Waals surface area contributed by atoms with E-state index in [0.717, 1.165) is 54.2 Å². The molecule has 0 saturated carbocycles. The van der Waals surface area contributed by atoms with Gasteiger partial charge >= 0.3 is 0 Å². The van der Waals surface area contributed by atoms with Crippen molar-refractivity contribution in [1.82, 2.24) is 30.4 Å². The molecule has 0 atom stereocenters. The van der Waals surface area contributed by atoms with Crippen LogP contribution in [0.2, 0.25) is 0 Å². The van der Waals surface area contributed by atoms with Crippen LogP contribution in [0.25, 0.3) is 0 Å². The van der Waals surface area contributed by atoms with Crippen molar-refractivity contribution in [1.29, 1.82) is 0 Å². The number of nitrogens with one attached hydrogen (secondary N) is 2. The largest absolute Gasteiger partial charge is 0.356 e. The molecule has 9 heteroatoms. The van der Waals surface area contributed by atoms with Crippen LogP contribution in [0.1, 0.15) is 35.2 Å². The molecule has 0 unspecified atom stereocenters. The molecule has 0 aliphatic carbocycles. The van der Waals surface area contributed by atoms with Gasteiger partial charge in [0.1, 0.15) is 5.82 Å². The molecule has 0 saturated heterocycles. The Kier molecular flexibility index (Phi) is 7.40. The van der Waals surface area contributed by atoms with Gasteiger partial charge in [0.2, 0.25) is 0 Å². The van der Waals surface area contributed by atoms with E-state index in [9.17, 15) is 0 Å². The number of nitrogens with zero attached hydrogens (tertiary/aromatic N) is 5. The normalized spacial score (nSPS) is 14.0. The molecule has 0 radical (unpaired) electrons. The first-order chi connectivity index (χ1) is 11.3. The second-order valence-electron chi connectivity index (χ2n) is 5.60. The molecule has 0 amide bonds. The SMILES string of the molecule is CN=C(NCCc1csc(C)n1)NCc1nnc2n1CCCC2.I. The van der Waals surface area contributed by atoms with Gasteiger partial charge in [-0.3, -0.25) is 4.99 Å². The zero-order valence-corrected chi connectivity index (χ0v) is 17.2. The van der Waals surface area contributed by atoms with E-state index in [1.165, 1.54) is 12.8 Å². The van der Waals surface area contributed by atoms with Crippen LogP contribution >= 0.6 is 35.3 Å². The van der Waals surface area contributed by atoms with Gasteiger partial charge in [-0.25, -0.2) is 4.98 Å². The van der Waals surface area contributed by atoms with Crippen molar-refractivity contribution in [2.45, 2.75) is 45.7 Å². The standard InChI is InChI=1S/C15H23N7S.HI/c1-11-19-12(10-23-11)6-7-17-15(16-2)18-9-14-21-20-13-5-3-4-8-22(13)14;/h10H,3-9H2,1-2H3,(H2,16,17,18);1H. The molecule has 0 aromatic carbocycles. The Balaban J connectivity index is 0.00000208. The summed E-state index contributed by atoms with van der Waals surface area (Å²) in [6, 6.07) is 0. The highest BCUT2D eigenvalue weighted by atomic mass is 127. The molecule has 3 heterocycles. The molecule has 2 aromatic rings. The fourth-order valence-electron chi connectivity index (χ4n) is 2.71. The van der Waals surface area contributed by atoms with E-state index in [4.69, 9.17) is 0 Å². The van der Waals surface area contributed by atoms with Gasteiger partial charge < -0.3 is 15.2 Å². The average Bonchev–Trinajstić information content (AvgIpc) is 3.17. The van der Waals surface area contributed by atoms with Crippen LogP contribution in [0.5, 0.6) is 0 Å². The van der Waals surface area contributed by atoms with Crippen molar-refractivity contribution >= 4 is 41.3 Å². The summed E-state index contributed by atoms with van der Waals surface area (Å²) in [5.41, 5.74) is 1.13. The molecule has 2 aromatic heterocycles. The predicted octanol–water partition coefficient (Wildman–Crippen LogP) is 1.91. The van der Waals surface area contributed by atoms with Crippen LogP contribution in [0.15, 0.2) is 10.4 Å². The number of rotatable bonds is 5. The Morgan fingerprint density at radius 1 is 1.33 bits per heavy atom. The second-order valence-corrected chi connectivity index (χ2v) is 6.66. The Morgan fingerprint density at radius 2 is 2.21 bits per heavy atom. The van der Waals surface area contributed by atoms with E-state index in [-0.39, 0.29) is 24.0 Å². The van der Waals surface area contributed by atoms with Gasteiger partial charge in [-0.2, -0.15) is 0 Å². The number of guanidine groups is 1. The van der Waals surface area contributed by atoms with Gasteiger partial charge in [0.25, 0.3) is 0 Å². The van der Waals surface area contributed by atoms with E-state index in [1.54, 1.807) is 18.4 Å². The third-order valence-electron chi connectivity index (χ3n) is 3.91. The van der Waals surface area contributed by atoms with Crippen LogP contribution in [0.4, 0.5) is 0 Å². The molecule has 7 nitrogen and oxygen atoms in total. The van der Waals surface area contributed by atoms with Crippen molar-refractivity contribution in [3.05, 3.63) is 27.7 Å². The van der Waals surface area contributed by atoms with Crippen LogP contribution < -0.4 is 10.6 Å². The molecular formula is C15H24IN7S. The number of hydrogen-bond donors (Lipinski definition) is 2. The van der Waals surface area contributed by atoms with Gasteiger partial charge in [-0.1, -0.05) is 0 Å². The van der Waals surface area contributed by atoms with Crippen molar-refractivity contribution in [3.8, 4) is 0 Å². The van der Waals surface area contributed by atoms with Crippen molar-refractivity contribution < 1.29 is 0 Å². The average molecular weight is 461 g/mol. The molecule has 1 aliphatic heterocycles. The molecule has 0 bridgehead atoms. The van der Waals surface area contributed by atoms with Gasteiger partial charge in [0.05, 0.1) is 17.2 Å². The Morgan fingerprint density at radius 3 is 2.96 bits per heavy atom. The lowest BCUT2D eigenvalue weighted by Crippen LogP contribution is -2.38. The maximum absolute atomic E-state index is 4.46. The van der Waals surface area contributed by atoms with Crippen LogP contribution in [-0.4, -0.2) is 39.3 Å². The number of hydrogen-bond acceptors (Lipinski definition) is 5. The highest BCUT2D eigenvalue weighted by Gasteiger charge is 2.15. The van der Waals surface area contributed by atoms with Crippen molar-refractivity contribution in [2.75, 3.05) is 13.6 Å². The Bertz CT molecular complexity index is 679. The number of thiazole rings is 1. The number of aryl methyl sites for hydroxylation is 2. The lowest BCUT2D eigenvalue weighted by molar-refractivity contribution is 0.504. The molecule has 0 spiro atoms. The maximum Gasteiger partial charge on any atom is 0.191 e. The van der Waals surface area contributed by atoms with Crippen LogP contribution in [0.3, 0.4) is 0 Å². The monoisotopic (exact) mass is 461 g/mol. The molecular weight excluding hydrogens is 437 g/mol. The van der Waals surface area contributed by atoms with Crippen LogP contribution in [0, 0.1) is 6.92 Å². The summed E-state index contributed by atoms with van der Waals surface area (Å²) in [5.74, 6) is 2.87. The molecule has 1 aliphatic rings. The highest BCUT2D eigenvalue weighted by Crippen LogP contribution is 2.13. The number of aliphatic imine (C=N–C) groups is 1. The van der Waals surface area contributed by atoms with E-state index < -0.39 is 0 Å². The topological polar surface area (TPSA) is 80.0 Å². The maximum atomic E-state index is 4.46. The van der Waals surface area contributed by atoms with E-state index in [1.807, 2.05) is 6.92 Å². The summed E-state index contributed by atoms with van der Waals surface area (Å²) in [6.45, 7) is 4.50. The molecule has 132 valence electrons. The summed E-state index contributed by atoms with van der Waals surface area (Å²) in [4.78, 5) is 8.72. The summed E-state index contributed by atoms with van der Waals surface area (Å²) in [6.07, 6.45) is 4.35. The van der Waals surface area contributed by atoms with Crippen molar-refractivity contribution in [2.24, 2.45) is 4.99 Å². The third kappa shape index (κ3) is 4.88. The lowest BCUT2D eigenvalue weighted by Gasteiger charge is -2.16. The first-order valence-electron chi connectivity index (χ1n) is 8.02. The zero-order chi connectivity index (χ0) is 16.1. The molecule has 2 N–H and O–H groups in total. The first kappa shape index (κ1) is 19.1. The highest BCUT2D eigenvalue weighted by molar-refractivity contribution is 14.0. The Labute approximate surface area is 163 Å². The van der Waals surface area contributed by atoms with E-state index in [0.29, 0.717) is 6.54 Å². The predicted molar refractivity (Wildman–Crippen MR) is 107 cm³/mol. The smallest absolute Gasteiger partial charge is 0.191 e. The van der Waals surface area contributed by atoms with E-state index >= 15 is 0 Å². The van der Waals surface area contributed by atoms with E-state index in [2.05, 4.69) is 40.8 Å². The van der Waals surface area contributed by atoms with Crippen LogP contribution in [-0.2, 0) is 25.9 Å². The minimum Gasteiger partial charge on any atom is -0.356 e. The molecule has 0 fully saturated rings. The fourth-order valence-corrected chi connectivity index (χ4v) is 3.36. The Hall–Kier alpha value is -1.23. The van der Waals surface area contributed by atoms with Gasteiger partial charge in [-0.15, -0.1) is 45.5 Å². The fraction of sp³-hybridized carbons (Fsp3) is 0.600. The number of fused-ring (bicyclic) bond motifs is 1.